The summed E-state index contributed by atoms with van der Waals surface area (Å²) in [5.41, 5.74) is 5.53. The van der Waals surface area contributed by atoms with Crippen LogP contribution in [-0.2, 0) is 12.8 Å². The molecule has 4 rings (SSSR count). The van der Waals surface area contributed by atoms with Crippen LogP contribution in [0.5, 0.6) is 5.75 Å². The van der Waals surface area contributed by atoms with Gasteiger partial charge in [0.25, 0.3) is 0 Å². The van der Waals surface area contributed by atoms with Crippen molar-refractivity contribution in [3.8, 4) is 23.1 Å². The number of hydrogen-bond donors (Lipinski definition) is 0. The minimum Gasteiger partial charge on any atom is -0.497 e. The first-order valence-corrected chi connectivity index (χ1v) is 11.0. The standard InChI is InChI=1S/C25H22N2O2S/c1-29-19-11-7-10-18(14-19)23(28)16-30-25-22(15-26)20-12-5-6-13-21(20)24(27-25)17-8-3-2-4-9-17/h2-4,7-11,14H,5-6,12-13,16H2,1H3. The van der Waals surface area contributed by atoms with Gasteiger partial charge < -0.3 is 4.74 Å². The van der Waals surface area contributed by atoms with Crippen LogP contribution >= 0.6 is 11.8 Å². The lowest BCUT2D eigenvalue weighted by molar-refractivity contribution is 0.102. The lowest BCUT2D eigenvalue weighted by Crippen LogP contribution is -2.11. The molecule has 0 fully saturated rings. The fourth-order valence-electron chi connectivity index (χ4n) is 3.86. The molecule has 0 saturated heterocycles. The number of nitrogens with zero attached hydrogens (tertiary/aromatic N) is 2. The number of carbonyl (C=O) groups excluding carboxylic acids is 1. The molecule has 1 heterocycles. The molecule has 150 valence electrons. The molecule has 3 aromatic rings. The number of fused-ring (bicyclic) bond motifs is 1. The third kappa shape index (κ3) is 4.10. The summed E-state index contributed by atoms with van der Waals surface area (Å²) in [7, 11) is 1.58. The number of carbonyl (C=O) groups is 1. The molecule has 1 aliphatic rings. The summed E-state index contributed by atoms with van der Waals surface area (Å²) in [4.78, 5) is 17.6. The molecule has 0 aliphatic heterocycles. The second-order valence-electron chi connectivity index (χ2n) is 7.23. The Morgan fingerprint density at radius 3 is 2.60 bits per heavy atom. The summed E-state index contributed by atoms with van der Waals surface area (Å²) in [5.74, 6) is 0.868. The van der Waals surface area contributed by atoms with Gasteiger partial charge in [-0.2, -0.15) is 5.26 Å². The lowest BCUT2D eigenvalue weighted by Gasteiger charge is -2.22. The molecule has 1 aliphatic carbocycles. The van der Waals surface area contributed by atoms with Gasteiger partial charge in [0.1, 0.15) is 16.8 Å². The number of pyridine rings is 1. The van der Waals surface area contributed by atoms with Crippen LogP contribution in [0.1, 0.15) is 39.9 Å². The Labute approximate surface area is 180 Å². The van der Waals surface area contributed by atoms with Crippen LogP contribution in [0.25, 0.3) is 11.3 Å². The van der Waals surface area contributed by atoms with Crippen LogP contribution in [-0.4, -0.2) is 23.6 Å². The second-order valence-corrected chi connectivity index (χ2v) is 8.19. The number of ketones is 1. The Kier molecular flexibility index (Phi) is 6.15. The van der Waals surface area contributed by atoms with Crippen LogP contribution < -0.4 is 4.74 Å². The zero-order chi connectivity index (χ0) is 20.9. The molecule has 5 heteroatoms. The van der Waals surface area contributed by atoms with Crippen LogP contribution in [0.2, 0.25) is 0 Å². The van der Waals surface area contributed by atoms with Gasteiger partial charge in [0.2, 0.25) is 0 Å². The molecule has 0 atom stereocenters. The van der Waals surface area contributed by atoms with E-state index in [1.54, 1.807) is 19.2 Å². The highest BCUT2D eigenvalue weighted by Gasteiger charge is 2.23. The molecule has 30 heavy (non-hydrogen) atoms. The van der Waals surface area contributed by atoms with Crippen molar-refractivity contribution in [2.24, 2.45) is 0 Å². The Morgan fingerprint density at radius 2 is 1.87 bits per heavy atom. The number of nitriles is 1. The lowest BCUT2D eigenvalue weighted by atomic mass is 9.86. The third-order valence-electron chi connectivity index (χ3n) is 5.37. The van der Waals surface area contributed by atoms with E-state index in [4.69, 9.17) is 9.72 Å². The van der Waals surface area contributed by atoms with Crippen molar-refractivity contribution in [2.75, 3.05) is 12.9 Å². The highest BCUT2D eigenvalue weighted by atomic mass is 32.2. The van der Waals surface area contributed by atoms with Crippen molar-refractivity contribution in [1.82, 2.24) is 4.98 Å². The Morgan fingerprint density at radius 1 is 1.10 bits per heavy atom. The van der Waals surface area contributed by atoms with Gasteiger partial charge in [0.05, 0.1) is 24.1 Å². The maximum absolute atomic E-state index is 12.7. The molecule has 0 unspecified atom stereocenters. The summed E-state index contributed by atoms with van der Waals surface area (Å²) in [6.45, 7) is 0. The van der Waals surface area contributed by atoms with Gasteiger partial charge in [-0.15, -0.1) is 0 Å². The van der Waals surface area contributed by atoms with Gasteiger partial charge >= 0.3 is 0 Å². The van der Waals surface area contributed by atoms with Crippen LogP contribution in [0.3, 0.4) is 0 Å². The van der Waals surface area contributed by atoms with Crippen molar-refractivity contribution >= 4 is 17.5 Å². The van der Waals surface area contributed by atoms with Crippen molar-refractivity contribution in [3.63, 3.8) is 0 Å². The molecule has 0 saturated carbocycles. The number of Topliss-reactive ketones (excluding diaryl/α,β-unsaturated/α-hetero) is 1. The van der Waals surface area contributed by atoms with Gasteiger partial charge in [-0.25, -0.2) is 4.98 Å². The molecular weight excluding hydrogens is 392 g/mol. The summed E-state index contributed by atoms with van der Waals surface area (Å²) in [6.07, 6.45) is 4.01. The predicted octanol–water partition coefficient (Wildman–Crippen LogP) is 5.48. The molecular formula is C25H22N2O2S. The van der Waals surface area contributed by atoms with E-state index in [0.717, 1.165) is 42.5 Å². The van der Waals surface area contributed by atoms with Crippen LogP contribution in [0.15, 0.2) is 59.6 Å². The molecule has 0 amide bonds. The fourth-order valence-corrected chi connectivity index (χ4v) is 4.77. The van der Waals surface area contributed by atoms with E-state index < -0.39 is 0 Å². The Bertz CT molecular complexity index is 1120. The number of benzene rings is 2. The molecule has 0 bridgehead atoms. The first-order valence-electron chi connectivity index (χ1n) is 10.0. The predicted molar refractivity (Wildman–Crippen MR) is 119 cm³/mol. The maximum atomic E-state index is 12.7. The van der Waals surface area contributed by atoms with E-state index >= 15 is 0 Å². The number of rotatable bonds is 6. The van der Waals surface area contributed by atoms with Crippen molar-refractivity contribution in [1.29, 1.82) is 5.26 Å². The minimum atomic E-state index is -0.0106. The molecule has 1 aromatic heterocycles. The minimum absolute atomic E-state index is 0.0106. The first kappa shape index (κ1) is 20.2. The summed E-state index contributed by atoms with van der Waals surface area (Å²) < 4.78 is 5.22. The Hall–Kier alpha value is -3.10. The molecule has 0 N–H and O–H groups in total. The van der Waals surface area contributed by atoms with E-state index in [0.29, 0.717) is 21.9 Å². The molecule has 2 aromatic carbocycles. The molecule has 0 spiro atoms. The third-order valence-corrected chi connectivity index (χ3v) is 6.35. The normalized spacial score (nSPS) is 12.7. The first-order chi connectivity index (χ1) is 14.7. The average Bonchev–Trinajstić information content (AvgIpc) is 2.82. The van der Waals surface area contributed by atoms with Crippen molar-refractivity contribution in [3.05, 3.63) is 76.9 Å². The maximum Gasteiger partial charge on any atom is 0.173 e. The van der Waals surface area contributed by atoms with Gasteiger partial charge in [0.15, 0.2) is 5.78 Å². The van der Waals surface area contributed by atoms with Crippen molar-refractivity contribution in [2.45, 2.75) is 30.7 Å². The largest absolute Gasteiger partial charge is 0.497 e. The zero-order valence-corrected chi connectivity index (χ0v) is 17.7. The second kappa shape index (κ2) is 9.15. The Balaban J connectivity index is 1.69. The zero-order valence-electron chi connectivity index (χ0n) is 16.9. The monoisotopic (exact) mass is 414 g/mol. The smallest absolute Gasteiger partial charge is 0.173 e. The van der Waals surface area contributed by atoms with E-state index in [9.17, 15) is 10.1 Å². The topological polar surface area (TPSA) is 63.0 Å². The molecule has 0 radical (unpaired) electrons. The van der Waals surface area contributed by atoms with E-state index in [1.807, 2.05) is 30.3 Å². The molecule has 4 nitrogen and oxygen atoms in total. The van der Waals surface area contributed by atoms with Crippen molar-refractivity contribution < 1.29 is 9.53 Å². The number of thioether (sulfide) groups is 1. The average molecular weight is 415 g/mol. The number of hydrogen-bond acceptors (Lipinski definition) is 5. The number of ether oxygens (including phenoxy) is 1. The highest BCUT2D eigenvalue weighted by Crippen LogP contribution is 2.36. The number of methoxy groups -OCH3 is 1. The van der Waals surface area contributed by atoms with Crippen LogP contribution in [0, 0.1) is 11.3 Å². The van der Waals surface area contributed by atoms with E-state index in [1.165, 1.54) is 17.3 Å². The van der Waals surface area contributed by atoms with Gasteiger partial charge in [-0.05, 0) is 48.9 Å². The summed E-state index contributed by atoms with van der Waals surface area (Å²) in [5, 5.41) is 10.5. The van der Waals surface area contributed by atoms with E-state index in [2.05, 4.69) is 18.2 Å². The van der Waals surface area contributed by atoms with E-state index in [-0.39, 0.29) is 11.5 Å². The SMILES string of the molecule is COc1cccc(C(=O)CSc2nc(-c3ccccc3)c3c(c2C#N)CCCC3)c1. The van der Waals surface area contributed by atoms with Crippen LogP contribution in [0.4, 0.5) is 0 Å². The van der Waals surface area contributed by atoms with Gasteiger partial charge in [-0.3, -0.25) is 4.79 Å². The quantitative estimate of drug-likeness (QED) is 0.395. The summed E-state index contributed by atoms with van der Waals surface area (Å²) in [6, 6.07) is 19.6. The fraction of sp³-hybridized carbons (Fsp3) is 0.240. The van der Waals surface area contributed by atoms with Gasteiger partial charge in [0, 0.05) is 11.1 Å². The van der Waals surface area contributed by atoms with Gasteiger partial charge in [-0.1, -0.05) is 54.2 Å². The highest BCUT2D eigenvalue weighted by molar-refractivity contribution is 8.00. The summed E-state index contributed by atoms with van der Waals surface area (Å²) >= 11 is 1.35. The number of aromatic nitrogens is 1.